The largest absolute Gasteiger partial charge is 0.496 e. The van der Waals surface area contributed by atoms with Gasteiger partial charge in [-0.15, -0.1) is 0 Å². The molecule has 0 radical (unpaired) electrons. The molecule has 1 fully saturated rings. The fourth-order valence-electron chi connectivity index (χ4n) is 3.79. The number of piperazine rings is 1. The molecule has 2 amide bonds. The topological polar surface area (TPSA) is 76.4 Å². The van der Waals surface area contributed by atoms with Crippen molar-refractivity contribution in [3.8, 4) is 16.9 Å². The van der Waals surface area contributed by atoms with Gasteiger partial charge in [0.15, 0.2) is 0 Å². The maximum absolute atomic E-state index is 12.7. The van der Waals surface area contributed by atoms with Gasteiger partial charge in [0, 0.05) is 31.0 Å². The van der Waals surface area contributed by atoms with Gasteiger partial charge in [-0.05, 0) is 50.6 Å². The Morgan fingerprint density at radius 3 is 2.62 bits per heavy atom. The van der Waals surface area contributed by atoms with Gasteiger partial charge in [0.25, 0.3) is 0 Å². The van der Waals surface area contributed by atoms with Crippen LogP contribution < -0.4 is 4.74 Å². The maximum atomic E-state index is 12.7. The van der Waals surface area contributed by atoms with E-state index in [1.807, 2.05) is 28.9 Å². The molecule has 0 aliphatic carbocycles. The van der Waals surface area contributed by atoms with E-state index in [0.29, 0.717) is 46.6 Å². The molecule has 1 saturated heterocycles. The van der Waals surface area contributed by atoms with Crippen LogP contribution in [0.5, 0.6) is 5.75 Å². The van der Waals surface area contributed by atoms with Gasteiger partial charge < -0.3 is 18.8 Å². The highest BCUT2D eigenvalue weighted by atomic mass is 35.5. The number of aromatic nitrogens is 2. The molecular formula is C24H26Cl2N4O4. The quantitative estimate of drug-likeness (QED) is 0.505. The number of amides is 2. The van der Waals surface area contributed by atoms with Crippen LogP contribution in [0.2, 0.25) is 10.0 Å². The van der Waals surface area contributed by atoms with Gasteiger partial charge >= 0.3 is 6.09 Å². The van der Waals surface area contributed by atoms with Crippen LogP contribution in [0.1, 0.15) is 26.5 Å². The van der Waals surface area contributed by atoms with Gasteiger partial charge in [0.05, 0.1) is 29.4 Å². The third kappa shape index (κ3) is 5.08. The van der Waals surface area contributed by atoms with Gasteiger partial charge in [-0.1, -0.05) is 23.2 Å². The molecule has 10 heteroatoms. The molecule has 0 bridgehead atoms. The molecule has 3 aromatic rings. The van der Waals surface area contributed by atoms with Crippen LogP contribution in [-0.4, -0.2) is 63.5 Å². The number of pyridine rings is 1. The molecule has 0 saturated carbocycles. The van der Waals surface area contributed by atoms with E-state index in [0.717, 1.165) is 11.3 Å². The van der Waals surface area contributed by atoms with Gasteiger partial charge in [-0.25, -0.2) is 9.78 Å². The zero-order valence-electron chi connectivity index (χ0n) is 19.5. The van der Waals surface area contributed by atoms with Crippen LogP contribution in [0.4, 0.5) is 4.79 Å². The molecule has 3 heterocycles. The number of benzene rings is 1. The number of rotatable bonds is 4. The van der Waals surface area contributed by atoms with E-state index in [4.69, 9.17) is 32.7 Å². The number of methoxy groups -OCH3 is 1. The fourth-order valence-corrected chi connectivity index (χ4v) is 4.21. The third-order valence-electron chi connectivity index (χ3n) is 5.40. The molecule has 1 aromatic carbocycles. The monoisotopic (exact) mass is 504 g/mol. The number of nitrogens with zero attached hydrogens (tertiary/aromatic N) is 4. The number of imidazole rings is 1. The van der Waals surface area contributed by atoms with Crippen LogP contribution in [0.25, 0.3) is 16.8 Å². The Morgan fingerprint density at radius 2 is 1.94 bits per heavy atom. The first kappa shape index (κ1) is 24.2. The Labute approximate surface area is 208 Å². The lowest BCUT2D eigenvalue weighted by Crippen LogP contribution is -2.52. The van der Waals surface area contributed by atoms with Crippen molar-refractivity contribution in [2.24, 2.45) is 0 Å². The molecule has 180 valence electrons. The molecule has 8 nitrogen and oxygen atoms in total. The van der Waals surface area contributed by atoms with Gasteiger partial charge in [0.1, 0.15) is 23.5 Å². The molecule has 2 aromatic heterocycles. The van der Waals surface area contributed by atoms with E-state index in [1.165, 1.54) is 4.90 Å². The number of fused-ring (bicyclic) bond motifs is 1. The zero-order valence-corrected chi connectivity index (χ0v) is 21.0. The van der Waals surface area contributed by atoms with Gasteiger partial charge in [-0.2, -0.15) is 0 Å². The van der Waals surface area contributed by atoms with Crippen LogP contribution in [0.3, 0.4) is 0 Å². The summed E-state index contributed by atoms with van der Waals surface area (Å²) in [5, 5.41) is 0.844. The Balaban J connectivity index is 1.50. The molecule has 34 heavy (non-hydrogen) atoms. The Bertz CT molecular complexity index is 1250. The van der Waals surface area contributed by atoms with Crippen molar-refractivity contribution in [1.29, 1.82) is 0 Å². The summed E-state index contributed by atoms with van der Waals surface area (Å²) in [4.78, 5) is 32.8. The molecule has 1 aliphatic rings. The number of halogens is 2. The summed E-state index contributed by atoms with van der Waals surface area (Å²) in [6, 6.07) is 7.26. The average Bonchev–Trinajstić information content (AvgIpc) is 3.17. The third-order valence-corrected chi connectivity index (χ3v) is 6.20. The molecule has 0 spiro atoms. The van der Waals surface area contributed by atoms with Crippen LogP contribution in [0.15, 0.2) is 36.7 Å². The summed E-state index contributed by atoms with van der Waals surface area (Å²) in [5.41, 5.74) is 2.34. The average molecular weight is 505 g/mol. The Morgan fingerprint density at radius 1 is 1.18 bits per heavy atom. The van der Waals surface area contributed by atoms with Crippen molar-refractivity contribution >= 4 is 40.8 Å². The smallest absolute Gasteiger partial charge is 0.410 e. The minimum absolute atomic E-state index is 0.0144. The van der Waals surface area contributed by atoms with E-state index in [2.05, 4.69) is 4.98 Å². The summed E-state index contributed by atoms with van der Waals surface area (Å²) in [7, 11) is 1.58. The number of hydrogen-bond acceptors (Lipinski definition) is 5. The summed E-state index contributed by atoms with van der Waals surface area (Å²) < 4.78 is 12.7. The predicted octanol–water partition coefficient (Wildman–Crippen LogP) is 4.90. The highest BCUT2D eigenvalue weighted by Crippen LogP contribution is 2.40. The first-order valence-corrected chi connectivity index (χ1v) is 11.6. The highest BCUT2D eigenvalue weighted by molar-refractivity contribution is 6.44. The van der Waals surface area contributed by atoms with E-state index < -0.39 is 11.7 Å². The first-order chi connectivity index (χ1) is 16.1. The number of ether oxygens (including phenoxy) is 2. The number of hydrogen-bond donors (Lipinski definition) is 0. The van der Waals surface area contributed by atoms with E-state index in [9.17, 15) is 9.59 Å². The van der Waals surface area contributed by atoms with Gasteiger partial charge in [0.2, 0.25) is 5.91 Å². The second-order valence-corrected chi connectivity index (χ2v) is 9.85. The summed E-state index contributed by atoms with van der Waals surface area (Å²) in [5.74, 6) is 0.462. The number of carbonyl (C=O) groups is 2. The summed E-state index contributed by atoms with van der Waals surface area (Å²) in [6.45, 7) is 6.55. The fraction of sp³-hybridized carbons (Fsp3) is 0.375. The second-order valence-electron chi connectivity index (χ2n) is 9.07. The van der Waals surface area contributed by atoms with Crippen molar-refractivity contribution in [3.05, 3.63) is 52.4 Å². The standard InChI is InChI=1S/C24H26Cl2N4O4/c1-24(2,3)34-23(32)30-10-9-29(20(31)14-30)13-16-12-28-8-7-15(11-19(28)27-16)21-18(33-4)6-5-17(25)22(21)26/h5-8,11-12H,9-10,13-14H2,1-4H3. The van der Waals surface area contributed by atoms with Crippen molar-refractivity contribution in [2.75, 3.05) is 26.7 Å². The highest BCUT2D eigenvalue weighted by Gasteiger charge is 2.30. The minimum atomic E-state index is -0.605. The molecule has 4 rings (SSSR count). The zero-order chi connectivity index (χ0) is 24.6. The molecule has 0 unspecified atom stereocenters. The number of carbonyl (C=O) groups excluding carboxylic acids is 2. The maximum Gasteiger partial charge on any atom is 0.410 e. The van der Waals surface area contributed by atoms with Crippen molar-refractivity contribution in [2.45, 2.75) is 32.9 Å². The van der Waals surface area contributed by atoms with Crippen LogP contribution in [-0.2, 0) is 16.1 Å². The Hall–Kier alpha value is -2.97. The van der Waals surface area contributed by atoms with Crippen molar-refractivity contribution < 1.29 is 19.1 Å². The SMILES string of the molecule is COc1ccc(Cl)c(Cl)c1-c1ccn2cc(CN3CCN(C(=O)OC(C)(C)C)CC3=O)nc2c1. The normalized spacial score (nSPS) is 14.6. The Kier molecular flexibility index (Phi) is 6.64. The van der Waals surface area contributed by atoms with E-state index in [1.54, 1.807) is 44.9 Å². The van der Waals surface area contributed by atoms with Gasteiger partial charge in [-0.3, -0.25) is 9.69 Å². The molecule has 0 atom stereocenters. The van der Waals surface area contributed by atoms with Crippen LogP contribution in [0, 0.1) is 0 Å². The molecule has 0 N–H and O–H groups in total. The first-order valence-electron chi connectivity index (χ1n) is 10.8. The molecular weight excluding hydrogens is 479 g/mol. The van der Waals surface area contributed by atoms with Crippen molar-refractivity contribution in [1.82, 2.24) is 19.2 Å². The lowest BCUT2D eigenvalue weighted by Gasteiger charge is -2.34. The molecule has 1 aliphatic heterocycles. The van der Waals surface area contributed by atoms with E-state index in [-0.39, 0.29) is 12.5 Å². The summed E-state index contributed by atoms with van der Waals surface area (Å²) >= 11 is 12.7. The minimum Gasteiger partial charge on any atom is -0.496 e. The lowest BCUT2D eigenvalue weighted by atomic mass is 10.1. The lowest BCUT2D eigenvalue weighted by molar-refractivity contribution is -0.136. The van der Waals surface area contributed by atoms with Crippen LogP contribution >= 0.6 is 23.2 Å². The van der Waals surface area contributed by atoms with E-state index >= 15 is 0 Å². The van der Waals surface area contributed by atoms with Crippen molar-refractivity contribution in [3.63, 3.8) is 0 Å². The predicted molar refractivity (Wildman–Crippen MR) is 130 cm³/mol. The summed E-state index contributed by atoms with van der Waals surface area (Å²) in [6.07, 6.45) is 3.28. The second kappa shape index (κ2) is 9.35.